The Morgan fingerprint density at radius 3 is 2.34 bits per heavy atom. The second-order valence-corrected chi connectivity index (χ2v) is 6.66. The van der Waals surface area contributed by atoms with Crippen LogP contribution in [0.25, 0.3) is 5.69 Å². The number of nitrogens with zero attached hydrogens (tertiary/aromatic N) is 2. The van der Waals surface area contributed by atoms with Crippen LogP contribution in [0.15, 0.2) is 54.6 Å². The number of hydrogen-bond acceptors (Lipinski definition) is 3. The molecule has 2 N–H and O–H groups in total. The molecule has 0 spiro atoms. The van der Waals surface area contributed by atoms with Gasteiger partial charge in [-0.2, -0.15) is 5.10 Å². The van der Waals surface area contributed by atoms with Gasteiger partial charge in [-0.15, -0.1) is 0 Å². The summed E-state index contributed by atoms with van der Waals surface area (Å²) < 4.78 is 15.4. The molecule has 0 aliphatic rings. The summed E-state index contributed by atoms with van der Waals surface area (Å²) in [4.78, 5) is 24.3. The van der Waals surface area contributed by atoms with E-state index in [1.54, 1.807) is 6.07 Å². The van der Waals surface area contributed by atoms with Crippen LogP contribution >= 0.6 is 0 Å². The lowest BCUT2D eigenvalue weighted by Gasteiger charge is -2.08. The van der Waals surface area contributed by atoms with Gasteiger partial charge >= 0.3 is 0 Å². The van der Waals surface area contributed by atoms with Crippen LogP contribution in [0.3, 0.4) is 0 Å². The number of benzene rings is 2. The molecule has 0 saturated heterocycles. The van der Waals surface area contributed by atoms with Crippen molar-refractivity contribution in [3.63, 3.8) is 0 Å². The fraction of sp³-hybridized carbons (Fsp3) is 0.227. The zero-order chi connectivity index (χ0) is 20.8. The Balaban J connectivity index is 1.52. The van der Waals surface area contributed by atoms with Crippen molar-refractivity contribution in [1.29, 1.82) is 0 Å². The molecule has 1 aromatic heterocycles. The normalized spacial score (nSPS) is 10.6. The summed E-state index contributed by atoms with van der Waals surface area (Å²) >= 11 is 0. The van der Waals surface area contributed by atoms with Crippen molar-refractivity contribution in [1.82, 2.24) is 20.4 Å². The highest BCUT2D eigenvalue weighted by molar-refractivity contribution is 5.94. The molecule has 3 rings (SSSR count). The van der Waals surface area contributed by atoms with Crippen LogP contribution in [0.5, 0.6) is 0 Å². The highest BCUT2D eigenvalue weighted by Gasteiger charge is 2.16. The van der Waals surface area contributed by atoms with Crippen molar-refractivity contribution < 1.29 is 14.0 Å². The van der Waals surface area contributed by atoms with Crippen molar-refractivity contribution in [2.45, 2.75) is 20.3 Å². The van der Waals surface area contributed by atoms with E-state index in [2.05, 4.69) is 15.7 Å². The quantitative estimate of drug-likeness (QED) is 0.605. The van der Waals surface area contributed by atoms with E-state index in [1.165, 1.54) is 18.2 Å². The third-order valence-corrected chi connectivity index (χ3v) is 4.63. The number of hydrogen-bond donors (Lipinski definition) is 2. The molecule has 2 amide bonds. The first-order chi connectivity index (χ1) is 14.0. The molecule has 1 heterocycles. The molecule has 6 nitrogen and oxygen atoms in total. The summed E-state index contributed by atoms with van der Waals surface area (Å²) in [6.45, 7) is 4.28. The second-order valence-electron chi connectivity index (χ2n) is 6.66. The van der Waals surface area contributed by atoms with Gasteiger partial charge in [0, 0.05) is 24.3 Å². The molecular formula is C22H23FN4O2. The maximum atomic E-state index is 13.6. The van der Waals surface area contributed by atoms with Crippen molar-refractivity contribution >= 4 is 11.8 Å². The van der Waals surface area contributed by atoms with Crippen LogP contribution in [0.1, 0.15) is 27.3 Å². The average molecular weight is 394 g/mol. The SMILES string of the molecule is Cc1nn(-c2ccccc2)c(C)c1CC(=O)NCCNC(=O)c1ccccc1F. The molecule has 150 valence electrons. The monoisotopic (exact) mass is 394 g/mol. The van der Waals surface area contributed by atoms with Crippen LogP contribution in [0, 0.1) is 19.7 Å². The molecule has 2 aromatic carbocycles. The Labute approximate surface area is 168 Å². The van der Waals surface area contributed by atoms with Crippen LogP contribution in [-0.2, 0) is 11.2 Å². The van der Waals surface area contributed by atoms with Gasteiger partial charge in [0.1, 0.15) is 5.82 Å². The van der Waals surface area contributed by atoms with Crippen molar-refractivity contribution in [2.75, 3.05) is 13.1 Å². The second kappa shape index (κ2) is 9.14. The Bertz CT molecular complexity index is 1010. The molecule has 0 aliphatic carbocycles. The third-order valence-electron chi connectivity index (χ3n) is 4.63. The summed E-state index contributed by atoms with van der Waals surface area (Å²) in [6, 6.07) is 15.5. The lowest BCUT2D eigenvalue weighted by molar-refractivity contribution is -0.120. The van der Waals surface area contributed by atoms with E-state index in [9.17, 15) is 14.0 Å². The molecule has 0 saturated carbocycles. The number of halogens is 1. The fourth-order valence-electron chi connectivity index (χ4n) is 3.09. The fourth-order valence-corrected chi connectivity index (χ4v) is 3.09. The summed E-state index contributed by atoms with van der Waals surface area (Å²) in [7, 11) is 0. The topological polar surface area (TPSA) is 76.0 Å². The van der Waals surface area contributed by atoms with Gasteiger partial charge in [-0.05, 0) is 38.1 Å². The number of aromatic nitrogens is 2. The minimum absolute atomic E-state index is 0.0154. The highest BCUT2D eigenvalue weighted by atomic mass is 19.1. The van der Waals surface area contributed by atoms with E-state index in [0.29, 0.717) is 0 Å². The molecule has 0 aliphatic heterocycles. The zero-order valence-corrected chi connectivity index (χ0v) is 16.4. The zero-order valence-electron chi connectivity index (χ0n) is 16.4. The predicted octanol–water partition coefficient (Wildman–Crippen LogP) is 2.72. The average Bonchev–Trinajstić information content (AvgIpc) is 3.00. The van der Waals surface area contributed by atoms with Crippen molar-refractivity contribution in [2.24, 2.45) is 0 Å². The smallest absolute Gasteiger partial charge is 0.254 e. The Kier molecular flexibility index (Phi) is 6.39. The summed E-state index contributed by atoms with van der Waals surface area (Å²) in [5.41, 5.74) is 3.52. The molecule has 0 radical (unpaired) electrons. The minimum Gasteiger partial charge on any atom is -0.354 e. The number of aryl methyl sites for hydroxylation is 1. The highest BCUT2D eigenvalue weighted by Crippen LogP contribution is 2.18. The molecule has 0 unspecified atom stereocenters. The molecule has 0 bridgehead atoms. The number of rotatable bonds is 7. The van der Waals surface area contributed by atoms with Crippen molar-refractivity contribution in [3.05, 3.63) is 82.9 Å². The number of amides is 2. The number of nitrogens with one attached hydrogen (secondary N) is 2. The summed E-state index contributed by atoms with van der Waals surface area (Å²) in [5.74, 6) is -1.24. The van der Waals surface area contributed by atoms with Gasteiger partial charge in [0.15, 0.2) is 0 Å². The summed E-state index contributed by atoms with van der Waals surface area (Å²) in [5, 5.41) is 9.91. The molecule has 0 atom stereocenters. The van der Waals surface area contributed by atoms with Gasteiger partial charge < -0.3 is 10.6 Å². The van der Waals surface area contributed by atoms with Crippen LogP contribution < -0.4 is 10.6 Å². The Morgan fingerprint density at radius 2 is 1.62 bits per heavy atom. The largest absolute Gasteiger partial charge is 0.354 e. The van der Waals surface area contributed by atoms with E-state index in [4.69, 9.17) is 0 Å². The third kappa shape index (κ3) is 4.87. The van der Waals surface area contributed by atoms with E-state index < -0.39 is 11.7 Å². The molecule has 3 aromatic rings. The first kappa shape index (κ1) is 20.3. The molecule has 0 fully saturated rings. The molecule has 29 heavy (non-hydrogen) atoms. The van der Waals surface area contributed by atoms with E-state index in [-0.39, 0.29) is 31.0 Å². The summed E-state index contributed by atoms with van der Waals surface area (Å²) in [6.07, 6.45) is 0.200. The Hall–Kier alpha value is -3.48. The standard InChI is InChI=1S/C22H23FN4O2/c1-15-19(16(2)27(26-15)17-8-4-3-5-9-17)14-21(28)24-12-13-25-22(29)18-10-6-7-11-20(18)23/h3-11H,12-14H2,1-2H3,(H,24,28)(H,25,29). The first-order valence-corrected chi connectivity index (χ1v) is 9.37. The van der Waals surface area contributed by atoms with Gasteiger partial charge in [-0.1, -0.05) is 30.3 Å². The first-order valence-electron chi connectivity index (χ1n) is 9.37. The van der Waals surface area contributed by atoms with Gasteiger partial charge in [0.2, 0.25) is 5.91 Å². The Morgan fingerprint density at radius 1 is 0.966 bits per heavy atom. The van der Waals surface area contributed by atoms with Crippen LogP contribution in [0.4, 0.5) is 4.39 Å². The van der Waals surface area contributed by atoms with Gasteiger partial charge in [0.05, 0.1) is 23.4 Å². The molecule has 7 heteroatoms. The number of para-hydroxylation sites is 1. The number of carbonyl (C=O) groups excluding carboxylic acids is 2. The number of carbonyl (C=O) groups is 2. The minimum atomic E-state index is -0.574. The lowest BCUT2D eigenvalue weighted by atomic mass is 10.1. The van der Waals surface area contributed by atoms with Gasteiger partial charge in [-0.25, -0.2) is 9.07 Å². The molecular weight excluding hydrogens is 371 g/mol. The van der Waals surface area contributed by atoms with E-state index >= 15 is 0 Å². The van der Waals surface area contributed by atoms with Gasteiger partial charge in [0.25, 0.3) is 5.91 Å². The van der Waals surface area contributed by atoms with E-state index in [1.807, 2.05) is 48.9 Å². The predicted molar refractivity (Wildman–Crippen MR) is 108 cm³/mol. The maximum absolute atomic E-state index is 13.6. The maximum Gasteiger partial charge on any atom is 0.254 e. The van der Waals surface area contributed by atoms with Crippen LogP contribution in [-0.4, -0.2) is 34.7 Å². The van der Waals surface area contributed by atoms with Crippen molar-refractivity contribution in [3.8, 4) is 5.69 Å². The van der Waals surface area contributed by atoms with Gasteiger partial charge in [-0.3, -0.25) is 9.59 Å². The van der Waals surface area contributed by atoms with Crippen LogP contribution in [0.2, 0.25) is 0 Å². The van der Waals surface area contributed by atoms with E-state index in [0.717, 1.165) is 22.6 Å². The lowest BCUT2D eigenvalue weighted by Crippen LogP contribution is -2.35.